The third kappa shape index (κ3) is 11.7. The van der Waals surface area contributed by atoms with Crippen LogP contribution in [-0.2, 0) is 35.0 Å². The summed E-state index contributed by atoms with van der Waals surface area (Å²) >= 11 is 0. The Kier molecular flexibility index (Phi) is 16.3. The van der Waals surface area contributed by atoms with Gasteiger partial charge in [-0.25, -0.2) is 9.59 Å². The van der Waals surface area contributed by atoms with E-state index in [4.69, 9.17) is 44.7 Å². The van der Waals surface area contributed by atoms with Gasteiger partial charge in [-0.2, -0.15) is 0 Å². The number of hydrogen-bond donors (Lipinski definition) is 2. The molecule has 13 nitrogen and oxygen atoms in total. The molecule has 0 bridgehead atoms. The summed E-state index contributed by atoms with van der Waals surface area (Å²) < 4.78 is 64.6. The molecule has 2 N–H and O–H groups in total. The zero-order chi connectivity index (χ0) is 51.8. The standard InChI is InChI=1S/C27H34O6.C26H32O7.2CH4/c1-15-10-11-16(2)25-22(32-27(5,6)33-25)9-7-8-20-21-13-19(14-28)31-23(21)12-17(3)24(20)26(29)30-18(15)4;1-14-10-11-19(27)24-20(32-26(4,5)33-24)9-7-8-17-18-13-22(29-6)31-21(18)12-15(2)23(17)25(28)30-16(14)3;;/h7-8,10-13,15-16,18,22,25,28H,9,14H2,1-6H3;7-8,10-14,16,19-20,24,27H,9H2,1-6H3;2*1H4/b8-7?,11-10-;8-7+,11-10-;;/t15-,16?,18+,22+,25-;14-,16+,19?,20+,24-;;/m11../s1/i;;2*1T. The van der Waals surface area contributed by atoms with Gasteiger partial charge in [-0.3, -0.25) is 0 Å². The molecule has 4 aliphatic rings. The van der Waals surface area contributed by atoms with E-state index in [1.54, 1.807) is 18.2 Å². The summed E-state index contributed by atoms with van der Waals surface area (Å²) in [5, 5.41) is 21.9. The monoisotopic (exact) mass is 947 g/mol. The molecule has 2 unspecified atom stereocenters. The Labute approximate surface area is 404 Å². The Morgan fingerprint density at radius 3 is 1.63 bits per heavy atom. The number of methoxy groups -OCH3 is 1. The Hall–Kier alpha value is -5.02. The molecule has 0 amide bonds. The van der Waals surface area contributed by atoms with Crippen molar-refractivity contribution >= 4 is 46.0 Å². The predicted octanol–water partition coefficient (Wildman–Crippen LogP) is 11.6. The average Bonchev–Trinajstić information content (AvgIpc) is 4.09. The third-order valence-corrected chi connectivity index (χ3v) is 12.9. The van der Waals surface area contributed by atoms with Crippen molar-refractivity contribution < 1.29 is 64.5 Å². The highest BCUT2D eigenvalue weighted by Crippen LogP contribution is 2.38. The molecule has 2 fully saturated rings. The normalized spacial score (nSPS) is 30.7. The SMILES string of the molecule is COc1cc2c3c(c(C)cc2o1)C(=O)O[C@@H](C)[C@H](C)/C=C\C(O)[C@H]1OC(C)(C)O[C@H]1C/C=C/3.Cc1cc2oc(CO)cc2c2c1C(=O)O[C@@H](C)[C@H](C)/C=C\C(C)[C@H]1OC(C)(C)O[C@H]1CC=C2.[3H]C.[3H]C. The fourth-order valence-corrected chi connectivity index (χ4v) is 9.08. The maximum Gasteiger partial charge on any atom is 0.339 e. The molecule has 8 rings (SSSR count). The van der Waals surface area contributed by atoms with Crippen LogP contribution in [0.1, 0.15) is 141 Å². The van der Waals surface area contributed by atoms with E-state index in [-0.39, 0.29) is 54.7 Å². The molecule has 4 aliphatic heterocycles. The summed E-state index contributed by atoms with van der Waals surface area (Å²) in [4.78, 5) is 26.6. The molecule has 2 saturated heterocycles. The number of aliphatic hydroxyl groups is 2. The molecule has 2 aromatic heterocycles. The number of esters is 2. The number of aryl methyl sites for hydroxylation is 2. The van der Waals surface area contributed by atoms with Crippen LogP contribution in [0.2, 0.25) is 0 Å². The van der Waals surface area contributed by atoms with Gasteiger partial charge in [-0.1, -0.05) is 84.2 Å². The number of rotatable bonds is 2. The van der Waals surface area contributed by atoms with Crippen LogP contribution in [0, 0.1) is 31.6 Å². The zero-order valence-electron chi connectivity index (χ0n) is 44.2. The van der Waals surface area contributed by atoms with Crippen LogP contribution in [0.15, 0.2) is 69.6 Å². The lowest BCUT2D eigenvalue weighted by molar-refractivity contribution is -0.152. The molecule has 6 heterocycles. The van der Waals surface area contributed by atoms with Crippen LogP contribution in [0.25, 0.3) is 34.1 Å². The van der Waals surface area contributed by atoms with Gasteiger partial charge in [0.2, 0.25) is 0 Å². The minimum Gasteiger partial charge on any atom is -0.468 e. The van der Waals surface area contributed by atoms with E-state index in [0.29, 0.717) is 52.4 Å². The van der Waals surface area contributed by atoms with Crippen LogP contribution in [0.3, 0.4) is 0 Å². The van der Waals surface area contributed by atoms with Gasteiger partial charge in [0.05, 0.1) is 36.5 Å². The largest absolute Gasteiger partial charge is 0.468 e. The highest BCUT2D eigenvalue weighted by Gasteiger charge is 2.44. The maximum absolute atomic E-state index is 13.3. The van der Waals surface area contributed by atoms with Gasteiger partial charge in [-0.15, -0.1) is 0 Å². The van der Waals surface area contributed by atoms with Crippen molar-refractivity contribution in [3.8, 4) is 5.95 Å². The second-order valence-corrected chi connectivity index (χ2v) is 19.0. The Balaban J connectivity index is 0.000000244. The molecule has 0 saturated carbocycles. The fourth-order valence-electron chi connectivity index (χ4n) is 9.08. The van der Waals surface area contributed by atoms with Gasteiger partial charge in [0.15, 0.2) is 11.6 Å². The summed E-state index contributed by atoms with van der Waals surface area (Å²) in [5.74, 6) is -1.34. The molecule has 0 radical (unpaired) electrons. The molecule has 4 aromatic rings. The Morgan fingerprint density at radius 2 is 1.12 bits per heavy atom. The van der Waals surface area contributed by atoms with Gasteiger partial charge in [0.25, 0.3) is 5.95 Å². The van der Waals surface area contributed by atoms with Crippen molar-refractivity contribution in [2.75, 3.05) is 7.11 Å². The number of benzene rings is 2. The average molecular weight is 947 g/mol. The van der Waals surface area contributed by atoms with Crippen molar-refractivity contribution in [1.29, 1.82) is 0 Å². The number of aliphatic hydroxyl groups excluding tert-OH is 2. The van der Waals surface area contributed by atoms with E-state index >= 15 is 0 Å². The van der Waals surface area contributed by atoms with Crippen LogP contribution in [-0.4, -0.2) is 83.6 Å². The number of furan rings is 2. The molecule has 372 valence electrons. The van der Waals surface area contributed by atoms with E-state index in [0.717, 1.165) is 27.5 Å². The van der Waals surface area contributed by atoms with Crippen molar-refractivity contribution in [2.45, 2.75) is 165 Å². The second-order valence-electron chi connectivity index (χ2n) is 19.0. The summed E-state index contributed by atoms with van der Waals surface area (Å²) in [6.07, 6.45) is 14.1. The summed E-state index contributed by atoms with van der Waals surface area (Å²) in [5.41, 5.74) is 5.20. The van der Waals surface area contributed by atoms with E-state index in [9.17, 15) is 19.8 Å². The van der Waals surface area contributed by atoms with E-state index < -0.39 is 35.9 Å². The molecule has 10 atom stereocenters. The third-order valence-electron chi connectivity index (χ3n) is 12.9. The van der Waals surface area contributed by atoms with Crippen molar-refractivity contribution in [3.63, 3.8) is 0 Å². The molecule has 68 heavy (non-hydrogen) atoms. The first-order valence-corrected chi connectivity index (χ1v) is 23.0. The number of hydrogen-bond acceptors (Lipinski definition) is 13. The zero-order valence-corrected chi connectivity index (χ0v) is 42.2. The lowest BCUT2D eigenvalue weighted by Crippen LogP contribution is -2.34. The Morgan fingerprint density at radius 1 is 0.662 bits per heavy atom. The van der Waals surface area contributed by atoms with Crippen molar-refractivity contribution in [2.24, 2.45) is 17.8 Å². The second kappa shape index (κ2) is 21.7. The first-order chi connectivity index (χ1) is 33.2. The molecular formula is C55H74O13. The molecule has 2 aromatic carbocycles. The summed E-state index contributed by atoms with van der Waals surface area (Å²) in [6.45, 7) is 21.0. The minimum atomic E-state index is -0.849. The van der Waals surface area contributed by atoms with Crippen LogP contribution in [0.4, 0.5) is 0 Å². The summed E-state index contributed by atoms with van der Waals surface area (Å²) in [6, 6.07) is 7.21. The number of fused-ring (bicyclic) bond motifs is 8. The highest BCUT2D eigenvalue weighted by molar-refractivity contribution is 6.04. The first kappa shape index (κ1) is 50.8. The van der Waals surface area contributed by atoms with E-state index in [1.807, 2.05) is 112 Å². The smallest absolute Gasteiger partial charge is 0.339 e. The van der Waals surface area contributed by atoms with Gasteiger partial charge in [0, 0.05) is 42.9 Å². The maximum atomic E-state index is 13.3. The number of carbonyl (C=O) groups excluding carboxylic acids is 2. The molecular weight excluding hydrogens is 869 g/mol. The van der Waals surface area contributed by atoms with Gasteiger partial charge >= 0.3 is 11.9 Å². The lowest BCUT2D eigenvalue weighted by Gasteiger charge is -2.23. The quantitative estimate of drug-likeness (QED) is 0.144. The van der Waals surface area contributed by atoms with Gasteiger partial charge in [-0.05, 0) is 103 Å². The first-order valence-electron chi connectivity index (χ1n) is 25.0. The number of carbonyl (C=O) groups is 2. The van der Waals surface area contributed by atoms with Gasteiger partial charge < -0.3 is 52.2 Å². The summed E-state index contributed by atoms with van der Waals surface area (Å²) in [7, 11) is 4.04. The molecule has 0 aliphatic carbocycles. The van der Waals surface area contributed by atoms with E-state index in [1.165, 1.54) is 21.9 Å². The predicted molar refractivity (Wildman–Crippen MR) is 264 cm³/mol. The number of cyclic esters (lactones) is 2. The fraction of sp³-hybridized carbons (Fsp3) is 0.527. The van der Waals surface area contributed by atoms with Crippen molar-refractivity contribution in [1.82, 2.24) is 0 Å². The number of ether oxygens (including phenoxy) is 7. The topological polar surface area (TPSA) is 165 Å². The molecule has 13 heteroatoms. The minimum absolute atomic E-state index is 0.0334. The van der Waals surface area contributed by atoms with Crippen LogP contribution >= 0.6 is 0 Å². The van der Waals surface area contributed by atoms with Crippen molar-refractivity contribution in [3.05, 3.63) is 99.9 Å². The van der Waals surface area contributed by atoms with Gasteiger partial charge in [0.1, 0.15) is 47.9 Å². The lowest BCUT2D eigenvalue weighted by atomic mass is 9.93. The van der Waals surface area contributed by atoms with Crippen LogP contribution in [0.5, 0.6) is 5.95 Å². The highest BCUT2D eigenvalue weighted by atomic mass is 16.8. The Bertz CT molecular complexity index is 2370. The van der Waals surface area contributed by atoms with Crippen LogP contribution < -0.4 is 4.74 Å². The van der Waals surface area contributed by atoms with E-state index in [2.05, 4.69) is 19.1 Å². The molecule has 0 spiro atoms.